The van der Waals surface area contributed by atoms with E-state index in [-0.39, 0.29) is 35.7 Å². The fourth-order valence-corrected chi connectivity index (χ4v) is 0.549. The first-order valence-corrected chi connectivity index (χ1v) is 4.74. The topological polar surface area (TPSA) is 23.3 Å². The zero-order valence-corrected chi connectivity index (χ0v) is 11.8. The van der Waals surface area contributed by atoms with E-state index in [0.717, 1.165) is 19.4 Å². The average Bonchev–Trinajstić information content (AvgIpc) is 2.09. The summed E-state index contributed by atoms with van der Waals surface area (Å²) in [6.07, 6.45) is 3.93. The van der Waals surface area contributed by atoms with E-state index in [1.807, 2.05) is 26.8 Å². The summed E-state index contributed by atoms with van der Waals surface area (Å²) >= 11 is 0. The minimum absolute atomic E-state index is 0. The van der Waals surface area contributed by atoms with Gasteiger partial charge in [0, 0.05) is 6.10 Å². The van der Waals surface area contributed by atoms with E-state index in [0.29, 0.717) is 0 Å². The van der Waals surface area contributed by atoms with Crippen LogP contribution in [0.15, 0.2) is 12.7 Å². The molecular formula is C10H22NNaO. The summed E-state index contributed by atoms with van der Waals surface area (Å²) in [5.41, 5.74) is 3.86. The van der Waals surface area contributed by atoms with Crippen LogP contribution < -0.4 is 29.6 Å². The standard InChI is InChI=1S/C8H16NO.C2H6.Na/c1-4-6-8(3)10-9-7-5-2;1-2;/h4,8H,1,5-7H2,2-3H3;1-2H3;/q-1;;+1. The van der Waals surface area contributed by atoms with Gasteiger partial charge in [0.05, 0.1) is 0 Å². The van der Waals surface area contributed by atoms with Crippen molar-refractivity contribution in [3.8, 4) is 0 Å². The van der Waals surface area contributed by atoms with Gasteiger partial charge in [0.25, 0.3) is 0 Å². The Hall–Kier alpha value is 0.660. The Morgan fingerprint density at radius 3 is 2.38 bits per heavy atom. The Morgan fingerprint density at radius 2 is 2.00 bits per heavy atom. The molecule has 0 saturated carbocycles. The van der Waals surface area contributed by atoms with Gasteiger partial charge in [0.2, 0.25) is 0 Å². The van der Waals surface area contributed by atoms with Crippen LogP contribution in [0.4, 0.5) is 0 Å². The summed E-state index contributed by atoms with van der Waals surface area (Å²) < 4.78 is 0. The van der Waals surface area contributed by atoms with E-state index in [1.165, 1.54) is 0 Å². The van der Waals surface area contributed by atoms with Crippen molar-refractivity contribution in [1.82, 2.24) is 0 Å². The van der Waals surface area contributed by atoms with Crippen molar-refractivity contribution in [3.63, 3.8) is 0 Å². The minimum atomic E-state index is 0. The van der Waals surface area contributed by atoms with Gasteiger partial charge in [-0.15, -0.1) is 13.1 Å². The molecule has 0 aromatic rings. The molecule has 74 valence electrons. The van der Waals surface area contributed by atoms with Crippen LogP contribution in [0.5, 0.6) is 0 Å². The Bertz CT molecular complexity index is 89.0. The van der Waals surface area contributed by atoms with Crippen molar-refractivity contribution in [3.05, 3.63) is 18.1 Å². The molecular weight excluding hydrogens is 173 g/mol. The number of hydroxylamine groups is 1. The molecule has 0 bridgehead atoms. The fraction of sp³-hybridized carbons (Fsp3) is 0.800. The van der Waals surface area contributed by atoms with Gasteiger partial charge in [-0.05, 0) is 13.3 Å². The first-order valence-electron chi connectivity index (χ1n) is 4.74. The Kier molecular flexibility index (Phi) is 27.3. The first-order chi connectivity index (χ1) is 5.81. The maximum atomic E-state index is 5.08. The number of nitrogens with zero attached hydrogens (tertiary/aromatic N) is 1. The van der Waals surface area contributed by atoms with Crippen LogP contribution in [-0.2, 0) is 4.84 Å². The van der Waals surface area contributed by atoms with Gasteiger partial charge in [-0.2, -0.15) is 0 Å². The molecule has 0 heterocycles. The molecule has 0 aliphatic rings. The zero-order chi connectivity index (χ0) is 9.82. The summed E-state index contributed by atoms with van der Waals surface area (Å²) in [6.45, 7) is 12.5. The van der Waals surface area contributed by atoms with Gasteiger partial charge in [-0.3, -0.25) is 0 Å². The van der Waals surface area contributed by atoms with Crippen LogP contribution in [-0.4, -0.2) is 12.6 Å². The quantitative estimate of drug-likeness (QED) is 0.265. The van der Waals surface area contributed by atoms with Crippen molar-refractivity contribution in [2.24, 2.45) is 0 Å². The van der Waals surface area contributed by atoms with E-state index in [2.05, 4.69) is 19.0 Å². The second-order valence-electron chi connectivity index (χ2n) is 2.29. The molecule has 1 unspecified atom stereocenters. The van der Waals surface area contributed by atoms with E-state index in [4.69, 9.17) is 4.84 Å². The van der Waals surface area contributed by atoms with Crippen molar-refractivity contribution in [2.75, 3.05) is 6.54 Å². The average molecular weight is 195 g/mol. The van der Waals surface area contributed by atoms with Gasteiger partial charge >= 0.3 is 29.6 Å². The minimum Gasteiger partial charge on any atom is -0.534 e. The Morgan fingerprint density at radius 1 is 1.46 bits per heavy atom. The summed E-state index contributed by atoms with van der Waals surface area (Å²) in [7, 11) is 0. The van der Waals surface area contributed by atoms with Crippen LogP contribution in [0.1, 0.15) is 40.5 Å². The Labute approximate surface area is 105 Å². The van der Waals surface area contributed by atoms with Crippen molar-refractivity contribution in [1.29, 1.82) is 0 Å². The Balaban J connectivity index is -0.000000309. The molecule has 0 aliphatic heterocycles. The van der Waals surface area contributed by atoms with Gasteiger partial charge in [0.15, 0.2) is 0 Å². The summed E-state index contributed by atoms with van der Waals surface area (Å²) in [4.78, 5) is 5.08. The smallest absolute Gasteiger partial charge is 0.534 e. The molecule has 0 fully saturated rings. The second-order valence-corrected chi connectivity index (χ2v) is 2.29. The predicted octanol–water partition coefficient (Wildman–Crippen LogP) is 0.696. The van der Waals surface area contributed by atoms with E-state index in [9.17, 15) is 0 Å². The molecule has 2 nitrogen and oxygen atoms in total. The third-order valence-electron chi connectivity index (χ3n) is 1.07. The monoisotopic (exact) mass is 195 g/mol. The van der Waals surface area contributed by atoms with Crippen LogP contribution in [0.25, 0.3) is 5.48 Å². The van der Waals surface area contributed by atoms with E-state index >= 15 is 0 Å². The van der Waals surface area contributed by atoms with Crippen molar-refractivity contribution in [2.45, 2.75) is 46.6 Å². The van der Waals surface area contributed by atoms with Crippen LogP contribution in [0.3, 0.4) is 0 Å². The SMILES string of the molecule is C=CCC(C)O[N-]CCC.CC.[Na+]. The van der Waals surface area contributed by atoms with Gasteiger partial charge in [-0.25, -0.2) is 0 Å². The summed E-state index contributed by atoms with van der Waals surface area (Å²) in [5, 5.41) is 0. The summed E-state index contributed by atoms with van der Waals surface area (Å²) in [5.74, 6) is 0. The maximum Gasteiger partial charge on any atom is 1.00 e. The van der Waals surface area contributed by atoms with Gasteiger partial charge < -0.3 is 10.3 Å². The number of hydrogen-bond donors (Lipinski definition) is 0. The second kappa shape index (κ2) is 18.4. The van der Waals surface area contributed by atoms with Crippen LogP contribution >= 0.6 is 0 Å². The van der Waals surface area contributed by atoms with E-state index < -0.39 is 0 Å². The molecule has 0 N–H and O–H groups in total. The van der Waals surface area contributed by atoms with Crippen LogP contribution in [0, 0.1) is 0 Å². The van der Waals surface area contributed by atoms with Crippen molar-refractivity contribution >= 4 is 0 Å². The molecule has 13 heavy (non-hydrogen) atoms. The summed E-state index contributed by atoms with van der Waals surface area (Å²) in [6, 6.07) is 0. The van der Waals surface area contributed by atoms with Crippen LogP contribution in [0.2, 0.25) is 0 Å². The van der Waals surface area contributed by atoms with Gasteiger partial charge in [-0.1, -0.05) is 33.3 Å². The molecule has 1 atom stereocenters. The largest absolute Gasteiger partial charge is 1.00 e. The normalized spacial score (nSPS) is 10.5. The van der Waals surface area contributed by atoms with E-state index in [1.54, 1.807) is 0 Å². The molecule has 0 saturated heterocycles. The van der Waals surface area contributed by atoms with Crippen molar-refractivity contribution < 1.29 is 34.4 Å². The predicted molar refractivity (Wildman–Crippen MR) is 55.2 cm³/mol. The third kappa shape index (κ3) is 19.2. The first kappa shape index (κ1) is 19.3. The molecule has 0 radical (unpaired) electrons. The molecule has 0 spiro atoms. The molecule has 0 rings (SSSR count). The maximum absolute atomic E-state index is 5.08. The molecule has 0 aromatic heterocycles. The third-order valence-corrected chi connectivity index (χ3v) is 1.07. The number of hydrogen-bond acceptors (Lipinski definition) is 1. The number of rotatable bonds is 6. The molecule has 0 aliphatic carbocycles. The van der Waals surface area contributed by atoms with Gasteiger partial charge in [0.1, 0.15) is 0 Å². The molecule has 0 aromatic carbocycles. The fourth-order valence-electron chi connectivity index (χ4n) is 0.549. The molecule has 0 amide bonds. The zero-order valence-electron chi connectivity index (χ0n) is 9.84. The molecule has 3 heteroatoms.